The monoisotopic (exact) mass is 275 g/mol. The van der Waals surface area contributed by atoms with E-state index >= 15 is 0 Å². The van der Waals surface area contributed by atoms with Crippen LogP contribution in [-0.2, 0) is 0 Å². The Bertz CT molecular complexity index is 522. The Labute approximate surface area is 106 Å². The van der Waals surface area contributed by atoms with Crippen LogP contribution in [0.15, 0.2) is 6.07 Å². The number of nitrogens with zero attached hydrogens (tertiary/aromatic N) is 2. The highest BCUT2D eigenvalue weighted by Gasteiger charge is 2.49. The number of nitrogens with one attached hydrogen (secondary N) is 1. The first kappa shape index (κ1) is 12.3. The zero-order valence-corrected chi connectivity index (χ0v) is 9.81. The van der Waals surface area contributed by atoms with Crippen molar-refractivity contribution in [1.82, 2.24) is 9.78 Å². The number of anilines is 1. The minimum atomic E-state index is -4.42. The van der Waals surface area contributed by atoms with Crippen LogP contribution in [0, 0.1) is 5.92 Å². The molecule has 0 aromatic carbocycles. The van der Waals surface area contributed by atoms with E-state index in [0.717, 1.165) is 23.6 Å². The number of aromatic carboxylic acids is 1. The van der Waals surface area contributed by atoms with Gasteiger partial charge in [0.25, 0.3) is 0 Å². The van der Waals surface area contributed by atoms with Gasteiger partial charge in [-0.05, 0) is 25.2 Å². The molecule has 2 aliphatic rings. The maximum Gasteiger partial charge on any atom is 0.410 e. The molecule has 19 heavy (non-hydrogen) atoms. The molecule has 2 atom stereocenters. The van der Waals surface area contributed by atoms with Crippen LogP contribution in [0.5, 0.6) is 0 Å². The van der Waals surface area contributed by atoms with E-state index in [1.54, 1.807) is 0 Å². The molecule has 0 radical (unpaired) electrons. The molecule has 1 aliphatic carbocycles. The van der Waals surface area contributed by atoms with Gasteiger partial charge >= 0.3 is 12.1 Å². The molecule has 1 aromatic heterocycles. The number of hydrogen-bond acceptors (Lipinski definition) is 3. The number of carbonyl (C=O) groups is 1. The number of rotatable bonds is 2. The van der Waals surface area contributed by atoms with Crippen LogP contribution < -0.4 is 5.32 Å². The zero-order chi connectivity index (χ0) is 13.8. The topological polar surface area (TPSA) is 67.1 Å². The Kier molecular flexibility index (Phi) is 2.51. The number of fused-ring (bicyclic) bond motifs is 1. The Hall–Kier alpha value is -1.73. The largest absolute Gasteiger partial charge is 0.476 e. The van der Waals surface area contributed by atoms with Gasteiger partial charge in [-0.15, -0.1) is 0 Å². The van der Waals surface area contributed by atoms with Gasteiger partial charge < -0.3 is 10.4 Å². The van der Waals surface area contributed by atoms with Crippen molar-refractivity contribution in [3.63, 3.8) is 0 Å². The van der Waals surface area contributed by atoms with Gasteiger partial charge in [0.1, 0.15) is 5.82 Å². The van der Waals surface area contributed by atoms with E-state index in [4.69, 9.17) is 5.11 Å². The SMILES string of the molecule is O=C(O)c1cc2n(n1)[C@@H](C(F)(F)F)C[C@@H](C1CC1)N2. The highest BCUT2D eigenvalue weighted by molar-refractivity contribution is 5.86. The Morgan fingerprint density at radius 2 is 2.16 bits per heavy atom. The second-order valence-corrected chi connectivity index (χ2v) is 5.05. The van der Waals surface area contributed by atoms with Crippen LogP contribution >= 0.6 is 0 Å². The van der Waals surface area contributed by atoms with Gasteiger partial charge in [-0.25, -0.2) is 9.48 Å². The van der Waals surface area contributed by atoms with Crippen LogP contribution in [0.25, 0.3) is 0 Å². The summed E-state index contributed by atoms with van der Waals surface area (Å²) >= 11 is 0. The minimum Gasteiger partial charge on any atom is -0.476 e. The van der Waals surface area contributed by atoms with Crippen molar-refractivity contribution in [3.8, 4) is 0 Å². The maximum atomic E-state index is 13.1. The summed E-state index contributed by atoms with van der Waals surface area (Å²) in [6.45, 7) is 0. The molecular formula is C11H12F3N3O2. The molecule has 1 saturated carbocycles. The number of carboxylic acids is 1. The molecule has 1 aliphatic heterocycles. The molecule has 1 fully saturated rings. The van der Waals surface area contributed by atoms with Crippen molar-refractivity contribution in [2.45, 2.75) is 37.5 Å². The zero-order valence-electron chi connectivity index (χ0n) is 9.81. The predicted octanol–water partition coefficient (Wildman–Crippen LogP) is 2.28. The van der Waals surface area contributed by atoms with Crippen molar-refractivity contribution in [3.05, 3.63) is 11.8 Å². The Balaban J connectivity index is 1.99. The number of carboxylic acid groups (broad SMARTS) is 1. The van der Waals surface area contributed by atoms with Crippen molar-refractivity contribution in [1.29, 1.82) is 0 Å². The molecule has 1 aromatic rings. The third kappa shape index (κ3) is 2.15. The van der Waals surface area contributed by atoms with Gasteiger partial charge in [0, 0.05) is 12.1 Å². The summed E-state index contributed by atoms with van der Waals surface area (Å²) in [7, 11) is 0. The predicted molar refractivity (Wildman–Crippen MR) is 59.0 cm³/mol. The molecule has 2 heterocycles. The molecule has 0 amide bonds. The van der Waals surface area contributed by atoms with E-state index in [1.807, 2.05) is 0 Å². The van der Waals surface area contributed by atoms with Crippen molar-refractivity contribution in [2.75, 3.05) is 5.32 Å². The van der Waals surface area contributed by atoms with Crippen LogP contribution in [-0.4, -0.2) is 33.1 Å². The fourth-order valence-electron chi connectivity index (χ4n) is 2.51. The molecule has 0 unspecified atom stereocenters. The molecule has 2 N–H and O–H groups in total. The van der Waals surface area contributed by atoms with Crippen molar-refractivity contribution < 1.29 is 23.1 Å². The molecule has 0 spiro atoms. The Morgan fingerprint density at radius 3 is 2.68 bits per heavy atom. The number of hydrogen-bond donors (Lipinski definition) is 2. The lowest BCUT2D eigenvalue weighted by Gasteiger charge is -2.33. The molecule has 104 valence electrons. The third-order valence-electron chi connectivity index (χ3n) is 3.63. The van der Waals surface area contributed by atoms with E-state index in [2.05, 4.69) is 10.4 Å². The maximum absolute atomic E-state index is 13.1. The highest BCUT2D eigenvalue weighted by Crippen LogP contribution is 2.45. The van der Waals surface area contributed by atoms with Gasteiger partial charge in [0.15, 0.2) is 11.7 Å². The quantitative estimate of drug-likeness (QED) is 0.869. The summed E-state index contributed by atoms with van der Waals surface area (Å²) in [6.07, 6.45) is -2.68. The van der Waals surface area contributed by atoms with E-state index in [0.29, 0.717) is 0 Å². The average molecular weight is 275 g/mol. The summed E-state index contributed by atoms with van der Waals surface area (Å²) in [5, 5.41) is 15.3. The van der Waals surface area contributed by atoms with Gasteiger partial charge in [-0.2, -0.15) is 18.3 Å². The lowest BCUT2D eigenvalue weighted by atomic mass is 10.0. The summed E-state index contributed by atoms with van der Waals surface area (Å²) in [5.74, 6) is -0.933. The summed E-state index contributed by atoms with van der Waals surface area (Å²) in [5.41, 5.74) is -0.367. The second kappa shape index (κ2) is 3.88. The van der Waals surface area contributed by atoms with Gasteiger partial charge in [-0.1, -0.05) is 0 Å². The van der Waals surface area contributed by atoms with Crippen LogP contribution in [0.1, 0.15) is 35.8 Å². The molecule has 5 nitrogen and oxygen atoms in total. The lowest BCUT2D eigenvalue weighted by Crippen LogP contribution is -2.40. The van der Waals surface area contributed by atoms with Crippen molar-refractivity contribution in [2.24, 2.45) is 5.92 Å². The van der Waals surface area contributed by atoms with Crippen LogP contribution in [0.2, 0.25) is 0 Å². The van der Waals surface area contributed by atoms with Crippen molar-refractivity contribution >= 4 is 11.8 Å². The smallest absolute Gasteiger partial charge is 0.410 e. The molecule has 0 saturated heterocycles. The van der Waals surface area contributed by atoms with Crippen LogP contribution in [0.4, 0.5) is 19.0 Å². The summed E-state index contributed by atoms with van der Waals surface area (Å²) < 4.78 is 39.9. The number of aromatic nitrogens is 2. The van der Waals surface area contributed by atoms with E-state index < -0.39 is 18.2 Å². The first-order valence-electron chi connectivity index (χ1n) is 6.02. The lowest BCUT2D eigenvalue weighted by molar-refractivity contribution is -0.174. The third-order valence-corrected chi connectivity index (χ3v) is 3.63. The molecule has 3 rings (SSSR count). The standard InChI is InChI=1S/C11H12F3N3O2/c12-11(13,14)8-3-6(5-1-2-5)15-9-4-7(10(18)19)16-17(8)9/h4-6,8,15H,1-3H2,(H,18,19)/t6-,8+/m0/s1. The fourth-order valence-corrected chi connectivity index (χ4v) is 2.51. The first-order chi connectivity index (χ1) is 8.86. The minimum absolute atomic E-state index is 0.0953. The van der Waals surface area contributed by atoms with Gasteiger partial charge in [-0.3, -0.25) is 0 Å². The van der Waals surface area contributed by atoms with E-state index in [-0.39, 0.29) is 29.9 Å². The van der Waals surface area contributed by atoms with Crippen LogP contribution in [0.3, 0.4) is 0 Å². The first-order valence-corrected chi connectivity index (χ1v) is 6.02. The molecular weight excluding hydrogens is 263 g/mol. The second-order valence-electron chi connectivity index (χ2n) is 5.05. The number of alkyl halides is 3. The highest BCUT2D eigenvalue weighted by atomic mass is 19.4. The summed E-state index contributed by atoms with van der Waals surface area (Å²) in [4.78, 5) is 10.8. The average Bonchev–Trinajstić information content (AvgIpc) is 3.05. The van der Waals surface area contributed by atoms with Gasteiger partial charge in [0.05, 0.1) is 0 Å². The summed E-state index contributed by atoms with van der Waals surface area (Å²) in [6, 6.07) is -0.838. The van der Waals surface area contributed by atoms with E-state index in [9.17, 15) is 18.0 Å². The van der Waals surface area contributed by atoms with E-state index in [1.165, 1.54) is 0 Å². The fraction of sp³-hybridized carbons (Fsp3) is 0.636. The molecule has 0 bridgehead atoms. The normalized spacial score (nSPS) is 26.7. The Morgan fingerprint density at radius 1 is 1.47 bits per heavy atom. The number of halogens is 3. The molecule has 8 heteroatoms. The van der Waals surface area contributed by atoms with Gasteiger partial charge in [0.2, 0.25) is 0 Å².